The lowest BCUT2D eigenvalue weighted by Gasteiger charge is -2.20. The molecule has 3 aromatic rings. The first-order valence-electron chi connectivity index (χ1n) is 9.80. The lowest BCUT2D eigenvalue weighted by atomic mass is 10.2. The van der Waals surface area contributed by atoms with Gasteiger partial charge in [-0.1, -0.05) is 60.7 Å². The predicted octanol–water partition coefficient (Wildman–Crippen LogP) is 3.23. The fourth-order valence-electron chi connectivity index (χ4n) is 2.92. The summed E-state index contributed by atoms with van der Waals surface area (Å²) in [5, 5.41) is 3.75. The second kappa shape index (κ2) is 10.5. The summed E-state index contributed by atoms with van der Waals surface area (Å²) in [6.07, 6.45) is 1.49. The molecular weight excluding hydrogens is 426 g/mol. The lowest BCUT2D eigenvalue weighted by Crippen LogP contribution is -2.36. The van der Waals surface area contributed by atoms with Crippen molar-refractivity contribution in [2.24, 2.45) is 5.73 Å². The Morgan fingerprint density at radius 3 is 2.06 bits per heavy atom. The SMILES string of the molecule is NC(=O)c1ccc(NC(=O)CN(Cc2ccccc2)S(=O)(=O)/C=C/c2ccccc2)cc1. The van der Waals surface area contributed by atoms with Crippen LogP contribution in [0.5, 0.6) is 0 Å². The van der Waals surface area contributed by atoms with Crippen LogP contribution in [0.15, 0.2) is 90.3 Å². The van der Waals surface area contributed by atoms with Gasteiger partial charge in [0, 0.05) is 23.2 Å². The third kappa shape index (κ3) is 6.63. The van der Waals surface area contributed by atoms with Gasteiger partial charge in [0.15, 0.2) is 0 Å². The first-order valence-corrected chi connectivity index (χ1v) is 11.3. The van der Waals surface area contributed by atoms with Gasteiger partial charge in [-0.2, -0.15) is 4.31 Å². The van der Waals surface area contributed by atoms with Crippen LogP contribution in [0.25, 0.3) is 6.08 Å². The largest absolute Gasteiger partial charge is 0.366 e. The Bertz CT molecular complexity index is 1190. The predicted molar refractivity (Wildman–Crippen MR) is 125 cm³/mol. The number of sulfonamides is 1. The van der Waals surface area contributed by atoms with Crippen LogP contribution in [0.3, 0.4) is 0 Å². The van der Waals surface area contributed by atoms with E-state index < -0.39 is 21.8 Å². The minimum atomic E-state index is -3.89. The highest BCUT2D eigenvalue weighted by molar-refractivity contribution is 7.92. The zero-order valence-corrected chi connectivity index (χ0v) is 18.0. The summed E-state index contributed by atoms with van der Waals surface area (Å²) in [6.45, 7) is -0.343. The van der Waals surface area contributed by atoms with Crippen LogP contribution < -0.4 is 11.1 Å². The summed E-state index contributed by atoms with van der Waals surface area (Å²) >= 11 is 0. The molecule has 0 saturated carbocycles. The molecule has 0 aliphatic rings. The van der Waals surface area contributed by atoms with Crippen LogP contribution in [0, 0.1) is 0 Å². The first kappa shape index (κ1) is 22.9. The molecule has 0 aliphatic heterocycles. The molecule has 0 heterocycles. The molecular formula is C24H23N3O4S. The van der Waals surface area contributed by atoms with Crippen molar-refractivity contribution in [2.75, 3.05) is 11.9 Å². The fraction of sp³-hybridized carbons (Fsp3) is 0.0833. The number of hydrogen-bond acceptors (Lipinski definition) is 4. The number of amides is 2. The zero-order chi connectivity index (χ0) is 23.0. The number of benzene rings is 3. The van der Waals surface area contributed by atoms with E-state index in [0.717, 1.165) is 20.8 Å². The molecule has 164 valence electrons. The fourth-order valence-corrected chi connectivity index (χ4v) is 4.04. The third-order valence-electron chi connectivity index (χ3n) is 4.57. The van der Waals surface area contributed by atoms with Gasteiger partial charge < -0.3 is 11.1 Å². The molecule has 0 radical (unpaired) electrons. The molecule has 8 heteroatoms. The van der Waals surface area contributed by atoms with Gasteiger partial charge in [0.2, 0.25) is 21.8 Å². The van der Waals surface area contributed by atoms with E-state index >= 15 is 0 Å². The Labute approximate surface area is 187 Å². The highest BCUT2D eigenvalue weighted by Crippen LogP contribution is 2.14. The second-order valence-electron chi connectivity index (χ2n) is 7.00. The van der Waals surface area contributed by atoms with Crippen molar-refractivity contribution in [2.45, 2.75) is 6.54 Å². The topological polar surface area (TPSA) is 110 Å². The van der Waals surface area contributed by atoms with Gasteiger partial charge in [-0.15, -0.1) is 0 Å². The minimum absolute atomic E-state index is 0.0380. The van der Waals surface area contributed by atoms with Gasteiger partial charge >= 0.3 is 0 Å². The van der Waals surface area contributed by atoms with Crippen molar-refractivity contribution in [1.82, 2.24) is 4.31 Å². The molecule has 3 aromatic carbocycles. The molecule has 2 amide bonds. The molecule has 0 aliphatic carbocycles. The second-order valence-corrected chi connectivity index (χ2v) is 8.82. The molecule has 0 bridgehead atoms. The summed E-state index contributed by atoms with van der Waals surface area (Å²) in [5.74, 6) is -1.09. The van der Waals surface area contributed by atoms with Crippen molar-refractivity contribution in [3.63, 3.8) is 0 Å². The maximum Gasteiger partial charge on any atom is 0.248 e. The summed E-state index contributed by atoms with van der Waals surface area (Å²) in [6, 6.07) is 24.1. The number of nitrogens with zero attached hydrogens (tertiary/aromatic N) is 1. The molecule has 0 fully saturated rings. The Morgan fingerprint density at radius 2 is 1.47 bits per heavy atom. The van der Waals surface area contributed by atoms with E-state index in [4.69, 9.17) is 5.73 Å². The summed E-state index contributed by atoms with van der Waals surface area (Å²) in [4.78, 5) is 23.8. The quantitative estimate of drug-likeness (QED) is 0.523. The smallest absolute Gasteiger partial charge is 0.248 e. The number of anilines is 1. The van der Waals surface area contributed by atoms with Gasteiger partial charge in [-0.05, 0) is 41.5 Å². The third-order valence-corrected chi connectivity index (χ3v) is 6.02. The number of nitrogens with two attached hydrogens (primary N) is 1. The molecule has 0 unspecified atom stereocenters. The van der Waals surface area contributed by atoms with Crippen LogP contribution in [0.4, 0.5) is 5.69 Å². The van der Waals surface area contributed by atoms with E-state index in [0.29, 0.717) is 11.3 Å². The average Bonchev–Trinajstić information content (AvgIpc) is 2.79. The van der Waals surface area contributed by atoms with Gasteiger partial charge in [-0.25, -0.2) is 8.42 Å². The summed E-state index contributed by atoms with van der Waals surface area (Å²) in [5.41, 5.74) is 7.44. The summed E-state index contributed by atoms with van der Waals surface area (Å²) in [7, 11) is -3.89. The maximum atomic E-state index is 13.0. The van der Waals surface area contributed by atoms with Gasteiger partial charge in [-0.3, -0.25) is 9.59 Å². The van der Waals surface area contributed by atoms with E-state index in [2.05, 4.69) is 5.32 Å². The van der Waals surface area contributed by atoms with Crippen LogP contribution >= 0.6 is 0 Å². The number of carbonyl (C=O) groups is 2. The molecule has 0 saturated heterocycles. The van der Waals surface area contributed by atoms with Gasteiger partial charge in [0.25, 0.3) is 0 Å². The minimum Gasteiger partial charge on any atom is -0.366 e. The van der Waals surface area contributed by atoms with Gasteiger partial charge in [0.05, 0.1) is 6.54 Å². The van der Waals surface area contributed by atoms with E-state index in [1.54, 1.807) is 36.4 Å². The standard InChI is InChI=1S/C24H23N3O4S/c25-24(29)21-11-13-22(14-12-21)26-23(28)18-27(17-20-9-5-2-6-10-20)32(30,31)16-15-19-7-3-1-4-8-19/h1-16H,17-18H2,(H2,25,29)(H,26,28)/b16-15+. The monoisotopic (exact) mass is 449 g/mol. The average molecular weight is 450 g/mol. The van der Waals surface area contributed by atoms with Crippen molar-refractivity contribution >= 4 is 33.6 Å². The number of hydrogen-bond donors (Lipinski definition) is 2. The molecule has 3 rings (SSSR count). The van der Waals surface area contributed by atoms with E-state index in [1.165, 1.54) is 30.3 Å². The lowest BCUT2D eigenvalue weighted by molar-refractivity contribution is -0.116. The Morgan fingerprint density at radius 1 is 0.875 bits per heavy atom. The Kier molecular flexibility index (Phi) is 7.54. The highest BCUT2D eigenvalue weighted by atomic mass is 32.2. The van der Waals surface area contributed by atoms with Crippen molar-refractivity contribution in [3.05, 3.63) is 107 Å². The molecule has 0 spiro atoms. The van der Waals surface area contributed by atoms with Crippen molar-refractivity contribution in [3.8, 4) is 0 Å². The molecule has 32 heavy (non-hydrogen) atoms. The first-order chi connectivity index (χ1) is 15.3. The molecule has 7 nitrogen and oxygen atoms in total. The highest BCUT2D eigenvalue weighted by Gasteiger charge is 2.23. The van der Waals surface area contributed by atoms with Crippen LogP contribution in [-0.4, -0.2) is 31.1 Å². The normalized spacial score (nSPS) is 11.5. The number of carbonyl (C=O) groups excluding carboxylic acids is 2. The van der Waals surface area contributed by atoms with Crippen molar-refractivity contribution in [1.29, 1.82) is 0 Å². The molecule has 0 aromatic heterocycles. The number of primary amides is 1. The zero-order valence-electron chi connectivity index (χ0n) is 17.2. The van der Waals surface area contributed by atoms with Gasteiger partial charge in [0.1, 0.15) is 0 Å². The molecule has 3 N–H and O–H groups in total. The maximum absolute atomic E-state index is 13.0. The molecule has 0 atom stereocenters. The number of nitrogens with one attached hydrogen (secondary N) is 1. The van der Waals surface area contributed by atoms with Crippen LogP contribution in [-0.2, 0) is 21.4 Å². The number of rotatable bonds is 9. The van der Waals surface area contributed by atoms with Crippen LogP contribution in [0.1, 0.15) is 21.5 Å². The van der Waals surface area contributed by atoms with Crippen LogP contribution in [0.2, 0.25) is 0 Å². The summed E-state index contributed by atoms with van der Waals surface area (Å²) < 4.78 is 27.2. The van der Waals surface area contributed by atoms with E-state index in [-0.39, 0.29) is 13.1 Å². The Balaban J connectivity index is 1.78. The van der Waals surface area contributed by atoms with E-state index in [9.17, 15) is 18.0 Å². The Hall–Kier alpha value is -3.75. The van der Waals surface area contributed by atoms with Crippen molar-refractivity contribution < 1.29 is 18.0 Å². The van der Waals surface area contributed by atoms with E-state index in [1.807, 2.05) is 24.3 Å².